The minimum Gasteiger partial charge on any atom is -0.370 e. The maximum atomic E-state index is 12.8. The Morgan fingerprint density at radius 1 is 1.19 bits per heavy atom. The van der Waals surface area contributed by atoms with Crippen molar-refractivity contribution in [3.05, 3.63) is 17.7 Å². The molecule has 1 heterocycles. The van der Waals surface area contributed by atoms with Crippen molar-refractivity contribution in [2.75, 3.05) is 17.3 Å². The number of fused-ring (bicyclic) bond motifs is 2. The zero-order valence-electron chi connectivity index (χ0n) is 11.6. The summed E-state index contributed by atoms with van der Waals surface area (Å²) < 4.78 is 38.5. The van der Waals surface area contributed by atoms with Crippen molar-refractivity contribution in [3.63, 3.8) is 0 Å². The molecule has 7 heteroatoms. The number of pyridine rings is 1. The number of nitrogens with two attached hydrogens (primary N) is 1. The first kappa shape index (κ1) is 14.4. The number of halogens is 3. The van der Waals surface area contributed by atoms with Gasteiger partial charge in [0.25, 0.3) is 0 Å². The second kappa shape index (κ2) is 5.36. The van der Waals surface area contributed by atoms with Gasteiger partial charge in [0.05, 0.1) is 5.56 Å². The van der Waals surface area contributed by atoms with Gasteiger partial charge in [-0.3, -0.25) is 0 Å². The van der Waals surface area contributed by atoms with Gasteiger partial charge < -0.3 is 10.7 Å². The molecular formula is C14H19F3N4. The zero-order valence-corrected chi connectivity index (χ0v) is 11.6. The lowest BCUT2D eigenvalue weighted by Crippen LogP contribution is -2.21. The zero-order chi connectivity index (χ0) is 15.0. The van der Waals surface area contributed by atoms with Crippen molar-refractivity contribution >= 4 is 11.6 Å². The van der Waals surface area contributed by atoms with Crippen LogP contribution in [-0.4, -0.2) is 11.5 Å². The first-order valence-electron chi connectivity index (χ1n) is 7.25. The molecule has 1 aromatic heterocycles. The molecule has 0 aromatic carbocycles. The second-order valence-electron chi connectivity index (χ2n) is 6.08. The third-order valence-electron chi connectivity index (χ3n) is 4.73. The third-order valence-corrected chi connectivity index (χ3v) is 4.73. The Morgan fingerprint density at radius 2 is 1.95 bits per heavy atom. The maximum absolute atomic E-state index is 12.8. The molecule has 0 saturated heterocycles. The minimum atomic E-state index is -4.41. The van der Waals surface area contributed by atoms with Crippen LogP contribution in [0.3, 0.4) is 0 Å². The van der Waals surface area contributed by atoms with E-state index < -0.39 is 11.7 Å². The summed E-state index contributed by atoms with van der Waals surface area (Å²) >= 11 is 0. The Morgan fingerprint density at radius 3 is 2.52 bits per heavy atom. The number of alkyl halides is 3. The normalized spacial score (nSPS) is 27.9. The number of anilines is 2. The highest BCUT2D eigenvalue weighted by Gasteiger charge is 2.39. The summed E-state index contributed by atoms with van der Waals surface area (Å²) in [4.78, 5) is 4.04. The van der Waals surface area contributed by atoms with Crippen molar-refractivity contribution in [3.8, 4) is 0 Å². The van der Waals surface area contributed by atoms with Crippen LogP contribution in [0.15, 0.2) is 12.1 Å². The van der Waals surface area contributed by atoms with Crippen LogP contribution in [0.2, 0.25) is 0 Å². The quantitative estimate of drug-likeness (QED) is 0.590. The largest absolute Gasteiger partial charge is 0.416 e. The van der Waals surface area contributed by atoms with Crippen molar-refractivity contribution in [1.82, 2.24) is 4.98 Å². The molecule has 3 atom stereocenters. The smallest absolute Gasteiger partial charge is 0.370 e. The van der Waals surface area contributed by atoms with Crippen LogP contribution in [0.25, 0.3) is 0 Å². The van der Waals surface area contributed by atoms with E-state index >= 15 is 0 Å². The number of hydrazine groups is 1. The van der Waals surface area contributed by atoms with Crippen molar-refractivity contribution in [2.45, 2.75) is 31.9 Å². The Balaban J connectivity index is 1.69. The number of hydrogen-bond donors (Lipinski definition) is 3. The fourth-order valence-electron chi connectivity index (χ4n) is 3.72. The van der Waals surface area contributed by atoms with Gasteiger partial charge >= 0.3 is 6.18 Å². The molecular weight excluding hydrogens is 281 g/mol. The molecule has 2 aliphatic rings. The van der Waals surface area contributed by atoms with E-state index in [1.807, 2.05) is 0 Å². The molecule has 3 rings (SSSR count). The molecule has 21 heavy (non-hydrogen) atoms. The SMILES string of the molecule is NNc1cc(C(F)(F)F)cc(NCC2CC3CCC2C3)n1. The van der Waals surface area contributed by atoms with Crippen LogP contribution >= 0.6 is 0 Å². The second-order valence-corrected chi connectivity index (χ2v) is 6.08. The summed E-state index contributed by atoms with van der Waals surface area (Å²) in [5.74, 6) is 7.52. The summed E-state index contributed by atoms with van der Waals surface area (Å²) in [5.41, 5.74) is 1.43. The van der Waals surface area contributed by atoms with E-state index in [1.165, 1.54) is 25.7 Å². The van der Waals surface area contributed by atoms with Crippen LogP contribution in [0.4, 0.5) is 24.8 Å². The lowest BCUT2D eigenvalue weighted by molar-refractivity contribution is -0.137. The van der Waals surface area contributed by atoms with Gasteiger partial charge in [-0.25, -0.2) is 10.8 Å². The number of aromatic nitrogens is 1. The van der Waals surface area contributed by atoms with Crippen LogP contribution in [0, 0.1) is 17.8 Å². The van der Waals surface area contributed by atoms with Gasteiger partial charge in [-0.15, -0.1) is 0 Å². The van der Waals surface area contributed by atoms with E-state index in [2.05, 4.69) is 15.7 Å². The molecule has 116 valence electrons. The lowest BCUT2D eigenvalue weighted by Gasteiger charge is -2.22. The van der Waals surface area contributed by atoms with Gasteiger partial charge in [0.2, 0.25) is 0 Å². The molecule has 0 spiro atoms. The van der Waals surface area contributed by atoms with Crippen LogP contribution in [0.1, 0.15) is 31.2 Å². The molecule has 2 bridgehead atoms. The molecule has 0 amide bonds. The summed E-state index contributed by atoms with van der Waals surface area (Å²) in [6.45, 7) is 0.680. The fraction of sp³-hybridized carbons (Fsp3) is 0.643. The average Bonchev–Trinajstić information content (AvgIpc) is 3.06. The van der Waals surface area contributed by atoms with Gasteiger partial charge in [-0.2, -0.15) is 13.2 Å². The van der Waals surface area contributed by atoms with E-state index in [9.17, 15) is 13.2 Å². The van der Waals surface area contributed by atoms with E-state index in [-0.39, 0.29) is 11.6 Å². The summed E-state index contributed by atoms with van der Waals surface area (Å²) in [6, 6.07) is 1.94. The average molecular weight is 300 g/mol. The van der Waals surface area contributed by atoms with Gasteiger partial charge in [-0.1, -0.05) is 6.42 Å². The van der Waals surface area contributed by atoms with E-state index in [0.717, 1.165) is 24.0 Å². The Hall–Kier alpha value is -1.50. The predicted octanol–water partition coefficient (Wildman–Crippen LogP) is 3.23. The van der Waals surface area contributed by atoms with Crippen molar-refractivity contribution in [1.29, 1.82) is 0 Å². The van der Waals surface area contributed by atoms with Gasteiger partial charge in [-0.05, 0) is 49.1 Å². The standard InChI is InChI=1S/C14H19F3N4/c15-14(16,17)11-5-12(20-13(6-11)21-18)19-7-10-4-8-1-2-9(10)3-8/h5-6,8-10H,1-4,7,18H2,(H2,19,20,21). The van der Waals surface area contributed by atoms with E-state index in [4.69, 9.17) is 5.84 Å². The number of nitrogens with zero attached hydrogens (tertiary/aromatic N) is 1. The number of nitrogens with one attached hydrogen (secondary N) is 2. The Labute approximate surface area is 121 Å². The van der Waals surface area contributed by atoms with Gasteiger partial charge in [0.1, 0.15) is 11.6 Å². The third kappa shape index (κ3) is 3.07. The predicted molar refractivity (Wildman–Crippen MR) is 74.5 cm³/mol. The number of hydrogen-bond acceptors (Lipinski definition) is 4. The fourth-order valence-corrected chi connectivity index (χ4v) is 3.72. The Kier molecular flexibility index (Phi) is 3.69. The highest BCUT2D eigenvalue weighted by molar-refractivity contribution is 5.49. The topological polar surface area (TPSA) is 63.0 Å². The van der Waals surface area contributed by atoms with Crippen molar-refractivity contribution in [2.24, 2.45) is 23.6 Å². The van der Waals surface area contributed by atoms with Crippen LogP contribution in [-0.2, 0) is 6.18 Å². The van der Waals surface area contributed by atoms with Crippen LogP contribution in [0.5, 0.6) is 0 Å². The monoisotopic (exact) mass is 300 g/mol. The number of nitrogen functional groups attached to an aromatic ring is 1. The van der Waals surface area contributed by atoms with Crippen molar-refractivity contribution < 1.29 is 13.2 Å². The first-order chi connectivity index (χ1) is 9.95. The molecule has 0 aliphatic heterocycles. The molecule has 2 aliphatic carbocycles. The lowest BCUT2D eigenvalue weighted by atomic mass is 9.89. The molecule has 4 N–H and O–H groups in total. The van der Waals surface area contributed by atoms with Gasteiger partial charge in [0, 0.05) is 6.54 Å². The maximum Gasteiger partial charge on any atom is 0.416 e. The minimum absolute atomic E-state index is 0.0141. The molecule has 1 aromatic rings. The Bertz CT molecular complexity index is 517. The molecule has 0 radical (unpaired) electrons. The first-order valence-corrected chi connectivity index (χ1v) is 7.25. The molecule has 4 nitrogen and oxygen atoms in total. The summed E-state index contributed by atoms with van der Waals surface area (Å²) in [7, 11) is 0. The molecule has 3 unspecified atom stereocenters. The van der Waals surface area contributed by atoms with E-state index in [1.54, 1.807) is 0 Å². The van der Waals surface area contributed by atoms with Crippen LogP contribution < -0.4 is 16.6 Å². The van der Waals surface area contributed by atoms with E-state index in [0.29, 0.717) is 12.5 Å². The molecule has 2 saturated carbocycles. The highest BCUT2D eigenvalue weighted by atomic mass is 19.4. The summed E-state index contributed by atoms with van der Waals surface area (Å²) in [6.07, 6.45) is 0.612. The molecule has 2 fully saturated rings. The number of rotatable bonds is 4. The highest BCUT2D eigenvalue weighted by Crippen LogP contribution is 2.48. The van der Waals surface area contributed by atoms with Gasteiger partial charge in [0.15, 0.2) is 0 Å². The summed E-state index contributed by atoms with van der Waals surface area (Å²) in [5, 5.41) is 3.05.